The van der Waals surface area contributed by atoms with Gasteiger partial charge in [0.1, 0.15) is 17.9 Å². The molecule has 2 aromatic carbocycles. The summed E-state index contributed by atoms with van der Waals surface area (Å²) in [6, 6.07) is 12.2. The van der Waals surface area contributed by atoms with Crippen molar-refractivity contribution in [2.75, 3.05) is 39.5 Å². The molecule has 3 aromatic rings. The van der Waals surface area contributed by atoms with Crippen molar-refractivity contribution in [3.8, 4) is 5.75 Å². The van der Waals surface area contributed by atoms with Crippen LogP contribution in [0.2, 0.25) is 0 Å². The zero-order valence-electron chi connectivity index (χ0n) is 17.9. The molecular weight excluding hydrogens is 392 g/mol. The van der Waals surface area contributed by atoms with Crippen molar-refractivity contribution >= 4 is 11.0 Å². The predicted octanol–water partition coefficient (Wildman–Crippen LogP) is 3.33. The van der Waals surface area contributed by atoms with E-state index >= 15 is 0 Å². The second-order valence-corrected chi connectivity index (χ2v) is 8.48. The Bertz CT molecular complexity index is 1130. The van der Waals surface area contributed by atoms with Crippen molar-refractivity contribution in [2.24, 2.45) is 0 Å². The van der Waals surface area contributed by atoms with Crippen molar-refractivity contribution in [2.45, 2.75) is 26.6 Å². The second-order valence-electron chi connectivity index (χ2n) is 8.48. The number of fused-ring (bicyclic) bond motifs is 2. The van der Waals surface area contributed by atoms with Gasteiger partial charge in [-0.25, -0.2) is 0 Å². The van der Waals surface area contributed by atoms with Crippen molar-refractivity contribution in [3.63, 3.8) is 0 Å². The highest BCUT2D eigenvalue weighted by molar-refractivity contribution is 5.77. The Labute approximate surface area is 182 Å². The van der Waals surface area contributed by atoms with Crippen LogP contribution in [-0.2, 0) is 24.4 Å². The Balaban J connectivity index is 1.35. The number of nitrogens with zero attached hydrogens (tertiary/aromatic N) is 2. The topological polar surface area (TPSA) is 55.1 Å². The molecule has 5 rings (SSSR count). The van der Waals surface area contributed by atoms with E-state index in [1.54, 1.807) is 6.26 Å². The van der Waals surface area contributed by atoms with Crippen molar-refractivity contribution in [1.29, 1.82) is 0 Å². The molecule has 31 heavy (non-hydrogen) atoms. The van der Waals surface area contributed by atoms with E-state index in [2.05, 4.69) is 28.0 Å². The monoisotopic (exact) mass is 420 g/mol. The minimum absolute atomic E-state index is 0.0522. The highest BCUT2D eigenvalue weighted by Gasteiger charge is 2.19. The van der Waals surface area contributed by atoms with Crippen molar-refractivity contribution in [1.82, 2.24) is 9.80 Å². The van der Waals surface area contributed by atoms with E-state index in [0.717, 1.165) is 57.3 Å². The van der Waals surface area contributed by atoms with Crippen LogP contribution < -0.4 is 10.2 Å². The van der Waals surface area contributed by atoms with Crippen LogP contribution in [-0.4, -0.2) is 49.3 Å². The number of ether oxygens (including phenoxy) is 2. The SMILES string of the molecule is Cc1ccc2occ(CN3CCOc4ccc(CN5CCOCC5)cc4C3)c(=O)c2c1. The van der Waals surface area contributed by atoms with Gasteiger partial charge in [0.2, 0.25) is 0 Å². The average molecular weight is 421 g/mol. The third-order valence-corrected chi connectivity index (χ3v) is 6.09. The quantitative estimate of drug-likeness (QED) is 0.645. The van der Waals surface area contributed by atoms with Crippen LogP contribution in [0.25, 0.3) is 11.0 Å². The Kier molecular flexibility index (Phi) is 5.76. The van der Waals surface area contributed by atoms with Gasteiger partial charge < -0.3 is 13.9 Å². The van der Waals surface area contributed by atoms with E-state index in [0.29, 0.717) is 29.7 Å². The molecule has 0 N–H and O–H groups in total. The zero-order chi connectivity index (χ0) is 21.2. The molecular formula is C25H28N2O4. The lowest BCUT2D eigenvalue weighted by Gasteiger charge is -2.27. The maximum absolute atomic E-state index is 13.0. The molecule has 0 bridgehead atoms. The van der Waals surface area contributed by atoms with E-state index in [9.17, 15) is 4.79 Å². The molecule has 0 radical (unpaired) electrons. The highest BCUT2D eigenvalue weighted by Crippen LogP contribution is 2.26. The van der Waals surface area contributed by atoms with Crippen LogP contribution in [0.5, 0.6) is 5.75 Å². The molecule has 0 amide bonds. The summed E-state index contributed by atoms with van der Waals surface area (Å²) >= 11 is 0. The molecule has 1 aromatic heterocycles. The molecule has 2 aliphatic rings. The second kappa shape index (κ2) is 8.83. The largest absolute Gasteiger partial charge is 0.492 e. The van der Waals surface area contributed by atoms with Gasteiger partial charge in [0, 0.05) is 50.4 Å². The number of rotatable bonds is 4. The molecule has 162 valence electrons. The molecule has 6 heteroatoms. The van der Waals surface area contributed by atoms with Crippen LogP contribution >= 0.6 is 0 Å². The maximum Gasteiger partial charge on any atom is 0.197 e. The molecule has 0 saturated carbocycles. The van der Waals surface area contributed by atoms with Gasteiger partial charge in [-0.15, -0.1) is 0 Å². The molecule has 1 fully saturated rings. The molecule has 0 atom stereocenters. The molecule has 0 aliphatic carbocycles. The summed E-state index contributed by atoms with van der Waals surface area (Å²) in [6.45, 7) is 9.11. The summed E-state index contributed by atoms with van der Waals surface area (Å²) < 4.78 is 17.2. The van der Waals surface area contributed by atoms with E-state index in [4.69, 9.17) is 13.9 Å². The van der Waals surface area contributed by atoms with Crippen molar-refractivity contribution in [3.05, 3.63) is 75.1 Å². The minimum Gasteiger partial charge on any atom is -0.492 e. The van der Waals surface area contributed by atoms with Crippen molar-refractivity contribution < 1.29 is 13.9 Å². The molecule has 1 saturated heterocycles. The van der Waals surface area contributed by atoms with Crippen LogP contribution in [0.3, 0.4) is 0 Å². The fourth-order valence-corrected chi connectivity index (χ4v) is 4.39. The molecule has 0 unspecified atom stereocenters. The van der Waals surface area contributed by atoms with Crippen LogP contribution in [0.15, 0.2) is 51.9 Å². The summed E-state index contributed by atoms with van der Waals surface area (Å²) in [7, 11) is 0. The summed E-state index contributed by atoms with van der Waals surface area (Å²) in [4.78, 5) is 17.7. The fraction of sp³-hybridized carbons (Fsp3) is 0.400. The van der Waals surface area contributed by atoms with Gasteiger partial charge in [-0.3, -0.25) is 14.6 Å². The van der Waals surface area contributed by atoms with Crippen LogP contribution in [0, 0.1) is 6.92 Å². The lowest BCUT2D eigenvalue weighted by molar-refractivity contribution is 0.0342. The third kappa shape index (κ3) is 4.51. The normalized spacial score (nSPS) is 17.8. The first-order valence-electron chi connectivity index (χ1n) is 10.9. The Morgan fingerprint density at radius 2 is 1.77 bits per heavy atom. The van der Waals surface area contributed by atoms with Gasteiger partial charge in [0.15, 0.2) is 5.43 Å². The van der Waals surface area contributed by atoms with E-state index in [1.807, 2.05) is 25.1 Å². The lowest BCUT2D eigenvalue weighted by atomic mass is 10.1. The van der Waals surface area contributed by atoms with E-state index in [-0.39, 0.29) is 5.43 Å². The van der Waals surface area contributed by atoms with Crippen LogP contribution in [0.1, 0.15) is 22.3 Å². The summed E-state index contributed by atoms with van der Waals surface area (Å²) in [6.07, 6.45) is 1.61. The smallest absolute Gasteiger partial charge is 0.197 e. The third-order valence-electron chi connectivity index (χ3n) is 6.09. The Morgan fingerprint density at radius 3 is 2.65 bits per heavy atom. The molecule has 0 spiro atoms. The average Bonchev–Trinajstić information content (AvgIpc) is 2.98. The minimum atomic E-state index is 0.0522. The number of hydrogen-bond donors (Lipinski definition) is 0. The van der Waals surface area contributed by atoms with Gasteiger partial charge in [-0.1, -0.05) is 17.7 Å². The molecule has 3 heterocycles. The van der Waals surface area contributed by atoms with Gasteiger partial charge in [0.25, 0.3) is 0 Å². The first kappa shape index (κ1) is 20.2. The van der Waals surface area contributed by atoms with Gasteiger partial charge in [-0.2, -0.15) is 0 Å². The zero-order valence-corrected chi connectivity index (χ0v) is 17.9. The maximum atomic E-state index is 13.0. The van der Waals surface area contributed by atoms with E-state index < -0.39 is 0 Å². The number of aryl methyl sites for hydroxylation is 1. The van der Waals surface area contributed by atoms with Gasteiger partial charge in [0.05, 0.1) is 24.9 Å². The van der Waals surface area contributed by atoms with E-state index in [1.165, 1.54) is 11.1 Å². The highest BCUT2D eigenvalue weighted by atomic mass is 16.5. The Hall–Kier alpha value is -2.67. The van der Waals surface area contributed by atoms with Gasteiger partial charge in [-0.05, 0) is 36.8 Å². The summed E-state index contributed by atoms with van der Waals surface area (Å²) in [5.41, 5.74) is 4.89. The number of morpholine rings is 1. The predicted molar refractivity (Wildman–Crippen MR) is 119 cm³/mol. The molecule has 2 aliphatic heterocycles. The number of hydrogen-bond acceptors (Lipinski definition) is 6. The first-order chi connectivity index (χ1) is 15.2. The fourth-order valence-electron chi connectivity index (χ4n) is 4.39. The molecule has 6 nitrogen and oxygen atoms in total. The lowest BCUT2D eigenvalue weighted by Crippen LogP contribution is -2.35. The Morgan fingerprint density at radius 1 is 0.935 bits per heavy atom. The summed E-state index contributed by atoms with van der Waals surface area (Å²) in [5, 5.41) is 0.650. The number of benzene rings is 2. The van der Waals surface area contributed by atoms with Gasteiger partial charge >= 0.3 is 0 Å². The van der Waals surface area contributed by atoms with Crippen LogP contribution in [0.4, 0.5) is 0 Å². The first-order valence-corrected chi connectivity index (χ1v) is 10.9. The standard InChI is InChI=1S/C25H28N2O4/c1-18-2-4-24-22(12-18)25(28)21(17-31-24)16-27-8-11-30-23-5-3-19(13-20(23)15-27)14-26-6-9-29-10-7-26/h2-5,12-13,17H,6-11,14-16H2,1H3. The summed E-state index contributed by atoms with van der Waals surface area (Å²) in [5.74, 6) is 0.939.